The SMILES string of the molecule is BrCCC#Cc1cn[nH]c1. The number of nitrogens with one attached hydrogen (secondary N) is 1. The van der Waals surface area contributed by atoms with Gasteiger partial charge >= 0.3 is 0 Å². The summed E-state index contributed by atoms with van der Waals surface area (Å²) in [4.78, 5) is 0. The Balaban J connectivity index is 2.49. The van der Waals surface area contributed by atoms with E-state index >= 15 is 0 Å². The Labute approximate surface area is 68.2 Å². The van der Waals surface area contributed by atoms with E-state index in [1.54, 1.807) is 12.4 Å². The number of hydrogen-bond donors (Lipinski definition) is 1. The third-order valence-electron chi connectivity index (χ3n) is 0.950. The Kier molecular flexibility index (Phi) is 3.04. The molecule has 0 bridgehead atoms. The molecule has 3 heteroatoms. The van der Waals surface area contributed by atoms with Gasteiger partial charge in [-0.05, 0) is 0 Å². The van der Waals surface area contributed by atoms with Gasteiger partial charge in [0.05, 0.1) is 11.8 Å². The van der Waals surface area contributed by atoms with Crippen LogP contribution < -0.4 is 0 Å². The van der Waals surface area contributed by atoms with Crippen molar-refractivity contribution in [1.29, 1.82) is 0 Å². The second-order valence-electron chi connectivity index (χ2n) is 1.73. The Morgan fingerprint density at radius 3 is 3.20 bits per heavy atom. The van der Waals surface area contributed by atoms with Crippen molar-refractivity contribution in [2.75, 3.05) is 5.33 Å². The zero-order valence-corrected chi connectivity index (χ0v) is 6.98. The molecule has 0 saturated carbocycles. The first-order valence-corrected chi connectivity index (χ1v) is 4.09. The third kappa shape index (κ3) is 2.24. The van der Waals surface area contributed by atoms with E-state index in [2.05, 4.69) is 38.0 Å². The Morgan fingerprint density at radius 2 is 2.60 bits per heavy atom. The van der Waals surface area contributed by atoms with E-state index in [9.17, 15) is 0 Å². The lowest BCUT2D eigenvalue weighted by molar-refractivity contribution is 1.09. The fourth-order valence-corrected chi connectivity index (χ4v) is 0.729. The average Bonchev–Trinajstić information content (AvgIpc) is 2.41. The largest absolute Gasteiger partial charge is 0.284 e. The van der Waals surface area contributed by atoms with Crippen molar-refractivity contribution in [2.24, 2.45) is 0 Å². The standard InChI is InChI=1S/C7H7BrN2/c8-4-2-1-3-7-5-9-10-6-7/h5-6H,2,4H2,(H,9,10). The average molecular weight is 199 g/mol. The van der Waals surface area contributed by atoms with Crippen LogP contribution in [-0.2, 0) is 0 Å². The molecule has 1 N–H and O–H groups in total. The minimum absolute atomic E-state index is 0.880. The van der Waals surface area contributed by atoms with Gasteiger partial charge in [-0.1, -0.05) is 27.8 Å². The van der Waals surface area contributed by atoms with Gasteiger partial charge in [-0.25, -0.2) is 0 Å². The lowest BCUT2D eigenvalue weighted by Crippen LogP contribution is -1.67. The number of nitrogens with zero attached hydrogens (tertiary/aromatic N) is 1. The van der Waals surface area contributed by atoms with E-state index in [-0.39, 0.29) is 0 Å². The summed E-state index contributed by atoms with van der Waals surface area (Å²) in [5.41, 5.74) is 0.945. The first-order chi connectivity index (χ1) is 4.93. The van der Waals surface area contributed by atoms with Crippen LogP contribution in [0, 0.1) is 11.8 Å². The summed E-state index contributed by atoms with van der Waals surface area (Å²) in [6.45, 7) is 0. The third-order valence-corrected chi connectivity index (χ3v) is 1.35. The van der Waals surface area contributed by atoms with Crippen LogP contribution in [0.2, 0.25) is 0 Å². The quantitative estimate of drug-likeness (QED) is 0.539. The van der Waals surface area contributed by atoms with Crippen LogP contribution in [0.5, 0.6) is 0 Å². The lowest BCUT2D eigenvalue weighted by Gasteiger charge is -1.75. The van der Waals surface area contributed by atoms with Crippen molar-refractivity contribution in [3.8, 4) is 11.8 Å². The summed E-state index contributed by atoms with van der Waals surface area (Å²) in [7, 11) is 0. The number of alkyl halides is 1. The smallest absolute Gasteiger partial charge is 0.0644 e. The van der Waals surface area contributed by atoms with Gasteiger partial charge in [0.25, 0.3) is 0 Å². The van der Waals surface area contributed by atoms with Gasteiger partial charge in [-0.15, -0.1) is 0 Å². The molecule has 52 valence electrons. The molecule has 0 aliphatic carbocycles. The maximum atomic E-state index is 3.76. The van der Waals surface area contributed by atoms with Crippen molar-refractivity contribution < 1.29 is 0 Å². The summed E-state index contributed by atoms with van der Waals surface area (Å²) in [6, 6.07) is 0. The maximum Gasteiger partial charge on any atom is 0.0644 e. The molecule has 0 saturated heterocycles. The molecule has 0 aliphatic rings. The molecule has 1 heterocycles. The minimum atomic E-state index is 0.880. The fraction of sp³-hybridized carbons (Fsp3) is 0.286. The van der Waals surface area contributed by atoms with Crippen molar-refractivity contribution in [2.45, 2.75) is 6.42 Å². The van der Waals surface area contributed by atoms with Crippen LogP contribution in [0.25, 0.3) is 0 Å². The number of aromatic amines is 1. The predicted octanol–water partition coefficient (Wildman–Crippen LogP) is 1.55. The molecule has 1 aromatic heterocycles. The van der Waals surface area contributed by atoms with Gasteiger partial charge in [-0.3, -0.25) is 5.10 Å². The first kappa shape index (κ1) is 7.36. The molecule has 0 fully saturated rings. The molecule has 1 rings (SSSR count). The van der Waals surface area contributed by atoms with E-state index in [1.165, 1.54) is 0 Å². The van der Waals surface area contributed by atoms with Gasteiger partial charge in [0.15, 0.2) is 0 Å². The second-order valence-corrected chi connectivity index (χ2v) is 2.52. The van der Waals surface area contributed by atoms with Gasteiger partial charge in [0.1, 0.15) is 0 Å². The highest BCUT2D eigenvalue weighted by Gasteiger charge is 1.82. The number of hydrogen-bond acceptors (Lipinski definition) is 1. The molecule has 0 aromatic carbocycles. The summed E-state index contributed by atoms with van der Waals surface area (Å²) >= 11 is 3.29. The van der Waals surface area contributed by atoms with Crippen LogP contribution in [0.1, 0.15) is 12.0 Å². The van der Waals surface area contributed by atoms with Gasteiger partial charge in [-0.2, -0.15) is 5.10 Å². The highest BCUT2D eigenvalue weighted by Crippen LogP contribution is 1.90. The maximum absolute atomic E-state index is 3.76. The van der Waals surface area contributed by atoms with Gasteiger partial charge in [0, 0.05) is 17.9 Å². The molecule has 2 nitrogen and oxygen atoms in total. The Morgan fingerprint density at radius 1 is 1.70 bits per heavy atom. The first-order valence-electron chi connectivity index (χ1n) is 2.97. The van der Waals surface area contributed by atoms with Crippen LogP contribution in [-0.4, -0.2) is 15.5 Å². The number of aromatic nitrogens is 2. The topological polar surface area (TPSA) is 28.7 Å². The molecule has 10 heavy (non-hydrogen) atoms. The Bertz CT molecular complexity index is 230. The van der Waals surface area contributed by atoms with Crippen molar-refractivity contribution in [1.82, 2.24) is 10.2 Å². The predicted molar refractivity (Wildman–Crippen MR) is 43.9 cm³/mol. The summed E-state index contributed by atoms with van der Waals surface area (Å²) < 4.78 is 0. The Hall–Kier alpha value is -0.750. The van der Waals surface area contributed by atoms with Crippen molar-refractivity contribution >= 4 is 15.9 Å². The van der Waals surface area contributed by atoms with E-state index in [1.807, 2.05) is 0 Å². The van der Waals surface area contributed by atoms with E-state index in [4.69, 9.17) is 0 Å². The highest BCUT2D eigenvalue weighted by molar-refractivity contribution is 9.09. The normalized spacial score (nSPS) is 8.50. The van der Waals surface area contributed by atoms with E-state index < -0.39 is 0 Å². The number of rotatable bonds is 1. The summed E-state index contributed by atoms with van der Waals surface area (Å²) in [5.74, 6) is 5.93. The van der Waals surface area contributed by atoms with Crippen molar-refractivity contribution in [3.05, 3.63) is 18.0 Å². The molecule has 0 unspecified atom stereocenters. The molecule has 0 amide bonds. The van der Waals surface area contributed by atoms with Crippen LogP contribution >= 0.6 is 15.9 Å². The van der Waals surface area contributed by atoms with Crippen LogP contribution in [0.15, 0.2) is 12.4 Å². The number of H-pyrrole nitrogens is 1. The molecular weight excluding hydrogens is 192 g/mol. The summed E-state index contributed by atoms with van der Waals surface area (Å²) in [6.07, 6.45) is 4.37. The second kappa shape index (κ2) is 4.13. The van der Waals surface area contributed by atoms with Crippen LogP contribution in [0.3, 0.4) is 0 Å². The minimum Gasteiger partial charge on any atom is -0.284 e. The molecular formula is C7H7BrN2. The highest BCUT2D eigenvalue weighted by atomic mass is 79.9. The van der Waals surface area contributed by atoms with Crippen LogP contribution in [0.4, 0.5) is 0 Å². The molecule has 1 aromatic rings. The monoisotopic (exact) mass is 198 g/mol. The molecule has 0 radical (unpaired) electrons. The lowest BCUT2D eigenvalue weighted by atomic mass is 10.3. The molecule has 0 aliphatic heterocycles. The van der Waals surface area contributed by atoms with E-state index in [0.717, 1.165) is 17.3 Å². The van der Waals surface area contributed by atoms with Gasteiger partial charge < -0.3 is 0 Å². The van der Waals surface area contributed by atoms with Gasteiger partial charge in [0.2, 0.25) is 0 Å². The van der Waals surface area contributed by atoms with E-state index in [0.29, 0.717) is 0 Å². The summed E-state index contributed by atoms with van der Waals surface area (Å²) in [5, 5.41) is 7.38. The zero-order valence-electron chi connectivity index (χ0n) is 5.39. The number of halogens is 1. The fourth-order valence-electron chi connectivity index (χ4n) is 0.531. The molecule has 0 atom stereocenters. The van der Waals surface area contributed by atoms with Crippen molar-refractivity contribution in [3.63, 3.8) is 0 Å². The molecule has 0 spiro atoms. The zero-order chi connectivity index (χ0) is 7.23.